The molecule has 0 saturated carbocycles. The smallest absolute Gasteiger partial charge is 0.306 e. The molecule has 0 amide bonds. The predicted molar refractivity (Wildman–Crippen MR) is 321 cm³/mol. The molecule has 0 aromatic carbocycles. The number of hydrogen-bond donors (Lipinski definition) is 0. The van der Waals surface area contributed by atoms with E-state index in [-0.39, 0.29) is 31.1 Å². The molecule has 0 heterocycles. The fourth-order valence-electron chi connectivity index (χ4n) is 9.17. The molecule has 74 heavy (non-hydrogen) atoms. The molecule has 0 spiro atoms. The SMILES string of the molecule is CC/C=C\C/C=C\C/C=C\CCCCCCCC(=O)OC(COC(=O)CCCCCCCCCC)COC(=O)CCCCCCCCCCCCCCCCCCCC/C=C\C/C=C\C/C=C\CCCCCCC. The lowest BCUT2D eigenvalue weighted by molar-refractivity contribution is -0.167. The summed E-state index contributed by atoms with van der Waals surface area (Å²) in [6, 6.07) is 0. The number of esters is 3. The molecule has 0 aromatic rings. The molecule has 0 aliphatic rings. The minimum absolute atomic E-state index is 0.0790. The number of rotatable bonds is 58. The van der Waals surface area contributed by atoms with Crippen molar-refractivity contribution in [3.05, 3.63) is 72.9 Å². The van der Waals surface area contributed by atoms with E-state index in [9.17, 15) is 14.4 Å². The molecule has 0 aliphatic carbocycles. The Bertz CT molecular complexity index is 1370. The highest BCUT2D eigenvalue weighted by Gasteiger charge is 2.19. The summed E-state index contributed by atoms with van der Waals surface area (Å²) in [7, 11) is 0. The van der Waals surface area contributed by atoms with Gasteiger partial charge >= 0.3 is 17.9 Å². The summed E-state index contributed by atoms with van der Waals surface area (Å²) in [4.78, 5) is 38.0. The van der Waals surface area contributed by atoms with Crippen molar-refractivity contribution in [2.75, 3.05) is 13.2 Å². The summed E-state index contributed by atoms with van der Waals surface area (Å²) in [5, 5.41) is 0. The number of ether oxygens (including phenoxy) is 3. The maximum Gasteiger partial charge on any atom is 0.306 e. The topological polar surface area (TPSA) is 78.9 Å². The Balaban J connectivity index is 4.03. The van der Waals surface area contributed by atoms with Crippen molar-refractivity contribution in [3.63, 3.8) is 0 Å². The highest BCUT2D eigenvalue weighted by molar-refractivity contribution is 5.71. The first-order chi connectivity index (χ1) is 36.5. The van der Waals surface area contributed by atoms with Gasteiger partial charge in [0.15, 0.2) is 6.10 Å². The van der Waals surface area contributed by atoms with Crippen LogP contribution < -0.4 is 0 Å². The summed E-state index contributed by atoms with van der Waals surface area (Å²) in [6.07, 6.45) is 80.9. The molecule has 0 saturated heterocycles. The largest absolute Gasteiger partial charge is 0.462 e. The third kappa shape index (κ3) is 59.7. The van der Waals surface area contributed by atoms with Crippen LogP contribution in [0.2, 0.25) is 0 Å². The summed E-state index contributed by atoms with van der Waals surface area (Å²) in [5.41, 5.74) is 0. The van der Waals surface area contributed by atoms with E-state index >= 15 is 0 Å². The fourth-order valence-corrected chi connectivity index (χ4v) is 9.17. The number of hydrogen-bond acceptors (Lipinski definition) is 6. The van der Waals surface area contributed by atoms with Crippen LogP contribution >= 0.6 is 0 Å². The van der Waals surface area contributed by atoms with Gasteiger partial charge in [-0.15, -0.1) is 0 Å². The molecule has 0 rings (SSSR count). The van der Waals surface area contributed by atoms with Gasteiger partial charge in [-0.1, -0.05) is 286 Å². The molecule has 0 bridgehead atoms. The second-order valence-electron chi connectivity index (χ2n) is 21.3. The van der Waals surface area contributed by atoms with E-state index in [1.54, 1.807) is 0 Å². The number of unbranched alkanes of at least 4 members (excludes halogenated alkanes) is 35. The Hall–Kier alpha value is -3.15. The van der Waals surface area contributed by atoms with Crippen molar-refractivity contribution < 1.29 is 28.6 Å². The maximum absolute atomic E-state index is 12.8. The standard InChI is InChI=1S/C68H120O6/c1-4-7-10-13-16-19-21-23-25-26-27-28-29-30-31-32-33-34-35-36-37-38-39-40-41-42-44-45-47-49-52-55-58-61-67(70)73-64-65(63-72-66(69)60-57-54-51-18-15-12-9-6-3)74-68(71)62-59-56-53-50-48-46-43-24-22-20-17-14-11-8-5-2/h8,11,17,20-21,23-24,26-27,29-30,43,65H,4-7,9-10,12-16,18-19,22,25,28,31-42,44-64H2,1-3H3/b11-8-,20-17-,23-21-,27-26-,30-29-,43-24-. The van der Waals surface area contributed by atoms with Crippen LogP contribution in [-0.4, -0.2) is 37.2 Å². The summed E-state index contributed by atoms with van der Waals surface area (Å²) in [6.45, 7) is 6.50. The first-order valence-electron chi connectivity index (χ1n) is 31.9. The Morgan fingerprint density at radius 3 is 0.824 bits per heavy atom. The van der Waals surface area contributed by atoms with Crippen LogP contribution in [0, 0.1) is 0 Å². The van der Waals surface area contributed by atoms with Crippen LogP contribution in [0.4, 0.5) is 0 Å². The van der Waals surface area contributed by atoms with Crippen molar-refractivity contribution in [1.29, 1.82) is 0 Å². The van der Waals surface area contributed by atoms with E-state index in [4.69, 9.17) is 14.2 Å². The Labute approximate surface area is 459 Å². The molecule has 0 N–H and O–H groups in total. The van der Waals surface area contributed by atoms with Crippen molar-refractivity contribution in [2.24, 2.45) is 0 Å². The van der Waals surface area contributed by atoms with Gasteiger partial charge in [-0.2, -0.15) is 0 Å². The summed E-state index contributed by atoms with van der Waals surface area (Å²) >= 11 is 0. The second kappa shape index (κ2) is 62.4. The Kier molecular flexibility index (Phi) is 59.7. The normalized spacial score (nSPS) is 12.5. The van der Waals surface area contributed by atoms with Gasteiger partial charge in [0.25, 0.3) is 0 Å². The quantitative estimate of drug-likeness (QED) is 0.0261. The molecular formula is C68H120O6. The van der Waals surface area contributed by atoms with Crippen LogP contribution in [0.25, 0.3) is 0 Å². The molecule has 0 fully saturated rings. The van der Waals surface area contributed by atoms with Gasteiger partial charge in [0, 0.05) is 19.3 Å². The lowest BCUT2D eigenvalue weighted by Crippen LogP contribution is -2.30. The molecule has 428 valence electrons. The van der Waals surface area contributed by atoms with Crippen molar-refractivity contribution in [1.82, 2.24) is 0 Å². The van der Waals surface area contributed by atoms with Crippen molar-refractivity contribution >= 4 is 17.9 Å². The van der Waals surface area contributed by atoms with Gasteiger partial charge in [-0.3, -0.25) is 14.4 Å². The van der Waals surface area contributed by atoms with E-state index in [0.717, 1.165) is 109 Å². The molecule has 6 nitrogen and oxygen atoms in total. The lowest BCUT2D eigenvalue weighted by Gasteiger charge is -2.18. The first-order valence-corrected chi connectivity index (χ1v) is 31.9. The molecule has 0 radical (unpaired) electrons. The van der Waals surface area contributed by atoms with E-state index in [1.165, 1.54) is 173 Å². The average Bonchev–Trinajstić information content (AvgIpc) is 3.40. The van der Waals surface area contributed by atoms with E-state index in [0.29, 0.717) is 19.3 Å². The van der Waals surface area contributed by atoms with Crippen LogP contribution in [0.15, 0.2) is 72.9 Å². The van der Waals surface area contributed by atoms with Gasteiger partial charge < -0.3 is 14.2 Å². The highest BCUT2D eigenvalue weighted by Crippen LogP contribution is 2.17. The van der Waals surface area contributed by atoms with Gasteiger partial charge in [-0.05, 0) is 89.9 Å². The molecular weight excluding hydrogens is 913 g/mol. The third-order valence-corrected chi connectivity index (χ3v) is 13.9. The first kappa shape index (κ1) is 70.8. The Morgan fingerprint density at radius 2 is 0.527 bits per heavy atom. The number of carbonyl (C=O) groups excluding carboxylic acids is 3. The summed E-state index contributed by atoms with van der Waals surface area (Å²) in [5.74, 6) is -0.889. The van der Waals surface area contributed by atoms with Crippen molar-refractivity contribution in [3.8, 4) is 0 Å². The highest BCUT2D eigenvalue weighted by atomic mass is 16.6. The molecule has 6 heteroatoms. The molecule has 0 aromatic heterocycles. The third-order valence-electron chi connectivity index (χ3n) is 13.9. The minimum Gasteiger partial charge on any atom is -0.462 e. The predicted octanol–water partition coefficient (Wildman–Crippen LogP) is 21.7. The number of allylic oxidation sites excluding steroid dienone is 12. The van der Waals surface area contributed by atoms with Crippen LogP contribution in [0.3, 0.4) is 0 Å². The average molecular weight is 1030 g/mol. The van der Waals surface area contributed by atoms with Gasteiger partial charge in [0.05, 0.1) is 0 Å². The monoisotopic (exact) mass is 1030 g/mol. The number of carbonyl (C=O) groups is 3. The molecule has 0 aliphatic heterocycles. The van der Waals surface area contributed by atoms with Gasteiger partial charge in [0.2, 0.25) is 0 Å². The van der Waals surface area contributed by atoms with E-state index in [1.807, 2.05) is 0 Å². The second-order valence-corrected chi connectivity index (χ2v) is 21.3. The fraction of sp³-hybridized carbons (Fsp3) is 0.779. The zero-order chi connectivity index (χ0) is 53.6. The van der Waals surface area contributed by atoms with E-state index in [2.05, 4.69) is 93.7 Å². The van der Waals surface area contributed by atoms with Crippen LogP contribution in [-0.2, 0) is 28.6 Å². The minimum atomic E-state index is -0.780. The van der Waals surface area contributed by atoms with Crippen LogP contribution in [0.1, 0.15) is 323 Å². The zero-order valence-electron chi connectivity index (χ0n) is 49.1. The molecule has 1 unspecified atom stereocenters. The zero-order valence-corrected chi connectivity index (χ0v) is 49.1. The Morgan fingerprint density at radius 1 is 0.284 bits per heavy atom. The van der Waals surface area contributed by atoms with Gasteiger partial charge in [-0.25, -0.2) is 0 Å². The van der Waals surface area contributed by atoms with E-state index < -0.39 is 6.10 Å². The summed E-state index contributed by atoms with van der Waals surface area (Å²) < 4.78 is 16.8. The maximum atomic E-state index is 12.8. The molecule has 1 atom stereocenters. The van der Waals surface area contributed by atoms with Crippen LogP contribution in [0.5, 0.6) is 0 Å². The van der Waals surface area contributed by atoms with Crippen molar-refractivity contribution in [2.45, 2.75) is 329 Å². The van der Waals surface area contributed by atoms with Gasteiger partial charge in [0.1, 0.15) is 13.2 Å². The lowest BCUT2D eigenvalue weighted by atomic mass is 10.0.